The van der Waals surface area contributed by atoms with E-state index >= 15 is 0 Å². The van der Waals surface area contributed by atoms with Crippen molar-refractivity contribution in [3.63, 3.8) is 0 Å². The average Bonchev–Trinajstić information content (AvgIpc) is 3.45. The molecule has 2 unspecified atom stereocenters. The highest BCUT2D eigenvalue weighted by Gasteiger charge is 2.37. The molecule has 29 heavy (non-hydrogen) atoms. The Morgan fingerprint density at radius 3 is 2.72 bits per heavy atom. The van der Waals surface area contributed by atoms with Crippen molar-refractivity contribution in [2.24, 2.45) is 0 Å². The predicted octanol–water partition coefficient (Wildman–Crippen LogP) is 3.63. The minimum Gasteiger partial charge on any atom is -0.463 e. The molecule has 7 nitrogen and oxygen atoms in total. The van der Waals surface area contributed by atoms with Gasteiger partial charge in [-0.1, -0.05) is 0 Å². The zero-order valence-electron chi connectivity index (χ0n) is 17.1. The monoisotopic (exact) mass is 393 g/mol. The van der Waals surface area contributed by atoms with Crippen molar-refractivity contribution < 1.29 is 9.21 Å². The number of pyridine rings is 1. The Hall–Kier alpha value is -2.67. The molecule has 5 rings (SSSR count). The van der Waals surface area contributed by atoms with Crippen LogP contribution < -0.4 is 5.32 Å². The number of nitrogens with zero attached hydrogens (tertiary/aromatic N) is 4. The number of nitrogens with one attached hydrogen (secondary N) is 1. The summed E-state index contributed by atoms with van der Waals surface area (Å²) >= 11 is 0. The molecule has 1 amide bonds. The van der Waals surface area contributed by atoms with Gasteiger partial charge in [-0.3, -0.25) is 4.79 Å². The van der Waals surface area contributed by atoms with Crippen LogP contribution in [0.2, 0.25) is 0 Å². The van der Waals surface area contributed by atoms with E-state index in [-0.39, 0.29) is 18.0 Å². The van der Waals surface area contributed by atoms with E-state index in [4.69, 9.17) is 9.40 Å². The lowest BCUT2D eigenvalue weighted by molar-refractivity contribution is 0.0683. The molecule has 2 fully saturated rings. The molecule has 0 aromatic carbocycles. The fraction of sp³-hybridized carbons (Fsp3) is 0.500. The number of carbonyl (C=O) groups is 1. The Morgan fingerprint density at radius 1 is 1.31 bits per heavy atom. The maximum Gasteiger partial charge on any atom is 0.254 e. The number of furan rings is 1. The first-order valence-corrected chi connectivity index (χ1v) is 10.5. The van der Waals surface area contributed by atoms with Gasteiger partial charge in [0.25, 0.3) is 5.91 Å². The van der Waals surface area contributed by atoms with Gasteiger partial charge in [0.1, 0.15) is 5.69 Å². The van der Waals surface area contributed by atoms with Crippen LogP contribution in [0.15, 0.2) is 35.1 Å². The molecule has 0 saturated carbocycles. The molecule has 5 heterocycles. The molecule has 2 bridgehead atoms. The summed E-state index contributed by atoms with van der Waals surface area (Å²) in [5.74, 6) is 0.680. The zero-order chi connectivity index (χ0) is 20.1. The molecule has 152 valence electrons. The van der Waals surface area contributed by atoms with Gasteiger partial charge in [0.15, 0.2) is 11.4 Å². The molecule has 3 aromatic heterocycles. The SMILES string of the molecule is CC(C)n1ncc2c(C(=O)N(C)C3CC4CCC(C3)N4)cc(-c3ccco3)nc21. The number of amides is 1. The summed E-state index contributed by atoms with van der Waals surface area (Å²) in [5, 5.41) is 8.96. The quantitative estimate of drug-likeness (QED) is 0.733. The molecule has 2 atom stereocenters. The second-order valence-electron chi connectivity index (χ2n) is 8.63. The van der Waals surface area contributed by atoms with Crippen molar-refractivity contribution in [2.45, 2.75) is 63.7 Å². The highest BCUT2D eigenvalue weighted by molar-refractivity contribution is 6.06. The number of piperidine rings is 1. The molecule has 0 spiro atoms. The minimum absolute atomic E-state index is 0.0276. The van der Waals surface area contributed by atoms with Crippen LogP contribution in [0.5, 0.6) is 0 Å². The third-order valence-corrected chi connectivity index (χ3v) is 6.38. The third-order valence-electron chi connectivity index (χ3n) is 6.38. The zero-order valence-corrected chi connectivity index (χ0v) is 17.1. The van der Waals surface area contributed by atoms with Gasteiger partial charge in [0.2, 0.25) is 0 Å². The number of carbonyl (C=O) groups excluding carboxylic acids is 1. The second kappa shape index (κ2) is 6.99. The molecule has 0 radical (unpaired) electrons. The Labute approximate surface area is 170 Å². The first-order valence-electron chi connectivity index (χ1n) is 10.5. The van der Waals surface area contributed by atoms with Crippen molar-refractivity contribution in [2.75, 3.05) is 7.05 Å². The van der Waals surface area contributed by atoms with E-state index < -0.39 is 0 Å². The number of hydrogen-bond donors (Lipinski definition) is 1. The lowest BCUT2D eigenvalue weighted by Crippen LogP contribution is -2.48. The minimum atomic E-state index is 0.0276. The van der Waals surface area contributed by atoms with E-state index in [0.29, 0.717) is 29.1 Å². The largest absolute Gasteiger partial charge is 0.463 e. The highest BCUT2D eigenvalue weighted by atomic mass is 16.3. The third kappa shape index (κ3) is 3.13. The van der Waals surface area contributed by atoms with Gasteiger partial charge in [-0.25, -0.2) is 9.67 Å². The van der Waals surface area contributed by atoms with Gasteiger partial charge in [-0.05, 0) is 57.7 Å². The average molecular weight is 393 g/mol. The van der Waals surface area contributed by atoms with Crippen LogP contribution in [0, 0.1) is 0 Å². The molecule has 3 aromatic rings. The van der Waals surface area contributed by atoms with Gasteiger partial charge >= 0.3 is 0 Å². The Balaban J connectivity index is 1.56. The summed E-state index contributed by atoms with van der Waals surface area (Å²) in [7, 11) is 1.93. The summed E-state index contributed by atoms with van der Waals surface area (Å²) in [5.41, 5.74) is 2.02. The second-order valence-corrected chi connectivity index (χ2v) is 8.63. The molecule has 2 saturated heterocycles. The standard InChI is InChI=1S/C22H27N5O2/c1-13(2)27-21-18(12-23-27)17(11-19(25-21)20-5-4-8-29-20)22(28)26(3)16-9-14-6-7-15(10-16)24-14/h4-5,8,11-16,24H,6-7,9-10H2,1-3H3. The molecule has 7 heteroatoms. The Bertz CT molecular complexity index is 1030. The predicted molar refractivity (Wildman–Crippen MR) is 111 cm³/mol. The molecule has 0 aliphatic carbocycles. The lowest BCUT2D eigenvalue weighted by Gasteiger charge is -2.35. The van der Waals surface area contributed by atoms with Crippen LogP contribution in [0.3, 0.4) is 0 Å². The van der Waals surface area contributed by atoms with E-state index in [1.165, 1.54) is 12.8 Å². The summed E-state index contributed by atoms with van der Waals surface area (Å²) in [6.45, 7) is 4.12. The van der Waals surface area contributed by atoms with Crippen LogP contribution in [-0.2, 0) is 0 Å². The topological polar surface area (TPSA) is 76.2 Å². The van der Waals surface area contributed by atoms with Crippen LogP contribution in [0.4, 0.5) is 0 Å². The summed E-state index contributed by atoms with van der Waals surface area (Å²) in [4.78, 5) is 20.3. The molecular formula is C22H27N5O2. The van der Waals surface area contributed by atoms with Crippen molar-refractivity contribution in [3.05, 3.63) is 36.2 Å². The number of rotatable bonds is 4. The normalized spacial score (nSPS) is 23.8. The fourth-order valence-electron chi connectivity index (χ4n) is 4.82. The Morgan fingerprint density at radius 2 is 2.07 bits per heavy atom. The van der Waals surface area contributed by atoms with E-state index in [1.807, 2.05) is 34.8 Å². The van der Waals surface area contributed by atoms with Crippen LogP contribution in [0.1, 0.15) is 55.9 Å². The van der Waals surface area contributed by atoms with Gasteiger partial charge in [0.05, 0.1) is 23.4 Å². The summed E-state index contributed by atoms with van der Waals surface area (Å²) < 4.78 is 7.43. The summed E-state index contributed by atoms with van der Waals surface area (Å²) in [6, 6.07) is 7.03. The maximum atomic E-state index is 13.6. The smallest absolute Gasteiger partial charge is 0.254 e. The summed E-state index contributed by atoms with van der Waals surface area (Å²) in [6.07, 6.45) is 7.85. The number of fused-ring (bicyclic) bond motifs is 3. The van der Waals surface area contributed by atoms with E-state index in [1.54, 1.807) is 12.5 Å². The van der Waals surface area contributed by atoms with E-state index in [2.05, 4.69) is 24.3 Å². The molecule has 2 aliphatic heterocycles. The first kappa shape index (κ1) is 18.4. The number of hydrogen-bond acceptors (Lipinski definition) is 5. The van der Waals surface area contributed by atoms with E-state index in [0.717, 1.165) is 23.9 Å². The molecular weight excluding hydrogens is 366 g/mol. The van der Waals surface area contributed by atoms with Crippen molar-refractivity contribution in [3.8, 4) is 11.5 Å². The van der Waals surface area contributed by atoms with Gasteiger partial charge in [0, 0.05) is 31.2 Å². The van der Waals surface area contributed by atoms with Crippen LogP contribution >= 0.6 is 0 Å². The molecule has 1 N–H and O–H groups in total. The van der Waals surface area contributed by atoms with Gasteiger partial charge in [-0.15, -0.1) is 0 Å². The van der Waals surface area contributed by atoms with Crippen molar-refractivity contribution in [1.29, 1.82) is 0 Å². The lowest BCUT2D eigenvalue weighted by atomic mass is 9.97. The van der Waals surface area contributed by atoms with E-state index in [9.17, 15) is 4.79 Å². The van der Waals surface area contributed by atoms with Crippen molar-refractivity contribution in [1.82, 2.24) is 25.0 Å². The van der Waals surface area contributed by atoms with Crippen LogP contribution in [0.25, 0.3) is 22.5 Å². The maximum absolute atomic E-state index is 13.6. The van der Waals surface area contributed by atoms with Crippen molar-refractivity contribution >= 4 is 16.9 Å². The van der Waals surface area contributed by atoms with Crippen LogP contribution in [-0.4, -0.2) is 50.7 Å². The van der Waals surface area contributed by atoms with Gasteiger partial charge in [-0.2, -0.15) is 5.10 Å². The fourth-order valence-corrected chi connectivity index (χ4v) is 4.82. The number of aromatic nitrogens is 3. The Kier molecular flexibility index (Phi) is 4.42. The first-order chi connectivity index (χ1) is 14.0. The molecule has 2 aliphatic rings. The highest BCUT2D eigenvalue weighted by Crippen LogP contribution is 2.32. The van der Waals surface area contributed by atoms with Gasteiger partial charge < -0.3 is 14.6 Å².